The quantitative estimate of drug-likeness (QED) is 0.754. The van der Waals surface area contributed by atoms with Crippen molar-refractivity contribution in [1.29, 1.82) is 0 Å². The van der Waals surface area contributed by atoms with Gasteiger partial charge in [-0.2, -0.15) is 0 Å². The molecule has 5 heteroatoms. The third-order valence-corrected chi connectivity index (χ3v) is 2.90. The molecule has 2 aromatic rings. The molecule has 0 unspecified atom stereocenters. The Morgan fingerprint density at radius 2 is 2.25 bits per heavy atom. The van der Waals surface area contributed by atoms with Crippen LogP contribution in [0.5, 0.6) is 0 Å². The number of H-pyrrole nitrogens is 1. The van der Waals surface area contributed by atoms with Crippen LogP contribution in [0.4, 0.5) is 0 Å². The lowest BCUT2D eigenvalue weighted by molar-refractivity contribution is 0.0697. The number of hydrogen-bond acceptors (Lipinski definition) is 2. The predicted octanol–water partition coefficient (Wildman–Crippen LogP) is 2.57. The third kappa shape index (κ3) is 1.56. The van der Waals surface area contributed by atoms with Gasteiger partial charge in [0.05, 0.1) is 22.2 Å². The monoisotopic (exact) mass is 239 g/mol. The number of fused-ring (bicyclic) bond motifs is 1. The van der Waals surface area contributed by atoms with Crippen LogP contribution in [0, 0.1) is 0 Å². The molecule has 0 saturated carbocycles. The molecule has 0 aliphatic carbocycles. The van der Waals surface area contributed by atoms with Gasteiger partial charge in [0.15, 0.2) is 0 Å². The maximum atomic E-state index is 11.0. The minimum Gasteiger partial charge on any atom is -0.478 e. The van der Waals surface area contributed by atoms with E-state index >= 15 is 0 Å². The fourth-order valence-electron chi connectivity index (χ4n) is 1.71. The summed E-state index contributed by atoms with van der Waals surface area (Å²) in [5, 5.41) is 19.4. The summed E-state index contributed by atoms with van der Waals surface area (Å²) in [4.78, 5) is 13.9. The van der Waals surface area contributed by atoms with Crippen molar-refractivity contribution in [2.45, 2.75) is 13.0 Å². The molecule has 4 nitrogen and oxygen atoms in total. The van der Waals surface area contributed by atoms with E-state index in [1.54, 1.807) is 19.2 Å². The van der Waals surface area contributed by atoms with Crippen LogP contribution in [-0.2, 0) is 0 Å². The average molecular weight is 240 g/mol. The molecule has 0 saturated heterocycles. The lowest BCUT2D eigenvalue weighted by Gasteiger charge is -2.09. The van der Waals surface area contributed by atoms with Crippen LogP contribution in [0.1, 0.15) is 28.9 Å². The van der Waals surface area contributed by atoms with Crippen molar-refractivity contribution >= 4 is 28.5 Å². The molecule has 0 fully saturated rings. The first-order valence-corrected chi connectivity index (χ1v) is 5.11. The molecule has 0 spiro atoms. The van der Waals surface area contributed by atoms with Crippen LogP contribution in [0.25, 0.3) is 10.9 Å². The first kappa shape index (κ1) is 11.0. The van der Waals surface area contributed by atoms with Gasteiger partial charge in [-0.15, -0.1) is 0 Å². The molecule has 1 aromatic heterocycles. The average Bonchev–Trinajstić information content (AvgIpc) is 2.66. The lowest BCUT2D eigenvalue weighted by atomic mass is 10.0. The van der Waals surface area contributed by atoms with E-state index in [2.05, 4.69) is 4.98 Å². The van der Waals surface area contributed by atoms with Gasteiger partial charge in [0.1, 0.15) is 0 Å². The summed E-state index contributed by atoms with van der Waals surface area (Å²) in [6.07, 6.45) is 0.908. The van der Waals surface area contributed by atoms with Crippen molar-refractivity contribution in [3.63, 3.8) is 0 Å². The van der Waals surface area contributed by atoms with Gasteiger partial charge in [0, 0.05) is 17.1 Å². The molecule has 0 amide bonds. The van der Waals surface area contributed by atoms with E-state index in [1.165, 1.54) is 6.07 Å². The highest BCUT2D eigenvalue weighted by atomic mass is 35.5. The number of aromatic nitrogens is 1. The molecular formula is C11H10ClNO3. The number of nitrogens with one attached hydrogen (secondary N) is 1. The molecule has 0 aliphatic rings. The van der Waals surface area contributed by atoms with E-state index in [1.807, 2.05) is 0 Å². The number of carboxylic acid groups (broad SMARTS) is 1. The molecule has 1 atom stereocenters. The molecular weight excluding hydrogens is 230 g/mol. The molecule has 1 aromatic carbocycles. The fourth-order valence-corrected chi connectivity index (χ4v) is 2.01. The summed E-state index contributed by atoms with van der Waals surface area (Å²) in [5.74, 6) is -1.10. The molecule has 16 heavy (non-hydrogen) atoms. The normalized spacial score (nSPS) is 12.9. The van der Waals surface area contributed by atoms with Crippen molar-refractivity contribution < 1.29 is 15.0 Å². The van der Waals surface area contributed by atoms with Crippen LogP contribution in [0.15, 0.2) is 18.3 Å². The van der Waals surface area contributed by atoms with Gasteiger partial charge in [0.2, 0.25) is 0 Å². The summed E-state index contributed by atoms with van der Waals surface area (Å²) in [7, 11) is 0. The number of aromatic amines is 1. The standard InChI is InChI=1S/C11H10ClNO3/c1-5(14)7-4-8(11(15)16)9(12)6-2-3-13-10(6)7/h2-5,13-14H,1H3,(H,15,16)/t5-/m1/s1. The fraction of sp³-hybridized carbons (Fsp3) is 0.182. The van der Waals surface area contributed by atoms with Crippen molar-refractivity contribution in [3.8, 4) is 0 Å². The zero-order valence-electron chi connectivity index (χ0n) is 8.49. The van der Waals surface area contributed by atoms with Gasteiger partial charge in [0.25, 0.3) is 0 Å². The third-order valence-electron chi connectivity index (χ3n) is 2.49. The molecule has 84 valence electrons. The van der Waals surface area contributed by atoms with Crippen molar-refractivity contribution in [1.82, 2.24) is 4.98 Å². The highest BCUT2D eigenvalue weighted by Crippen LogP contribution is 2.32. The van der Waals surface area contributed by atoms with Gasteiger partial charge in [-0.25, -0.2) is 4.79 Å². The van der Waals surface area contributed by atoms with Gasteiger partial charge in [-0.3, -0.25) is 0 Å². The Labute approximate surface area is 96.5 Å². The summed E-state index contributed by atoms with van der Waals surface area (Å²) >= 11 is 5.97. The Kier molecular flexibility index (Phi) is 2.61. The zero-order valence-corrected chi connectivity index (χ0v) is 9.25. The first-order valence-electron chi connectivity index (χ1n) is 4.73. The number of aromatic carboxylic acids is 1. The number of benzene rings is 1. The van der Waals surface area contributed by atoms with E-state index in [0.717, 1.165) is 0 Å². The Morgan fingerprint density at radius 3 is 2.81 bits per heavy atom. The number of carbonyl (C=O) groups is 1. The van der Waals surface area contributed by atoms with Crippen LogP contribution in [-0.4, -0.2) is 21.2 Å². The molecule has 1 heterocycles. The topological polar surface area (TPSA) is 73.3 Å². The van der Waals surface area contributed by atoms with E-state index in [0.29, 0.717) is 16.5 Å². The van der Waals surface area contributed by atoms with Crippen LogP contribution >= 0.6 is 11.6 Å². The number of rotatable bonds is 2. The minimum absolute atomic E-state index is 0.00432. The Balaban J connectivity index is 2.85. The van der Waals surface area contributed by atoms with Gasteiger partial charge in [-0.05, 0) is 19.1 Å². The molecule has 3 N–H and O–H groups in total. The molecule has 0 aliphatic heterocycles. The van der Waals surface area contributed by atoms with Crippen LogP contribution in [0.2, 0.25) is 5.02 Å². The number of hydrogen-bond donors (Lipinski definition) is 3. The van der Waals surface area contributed by atoms with Gasteiger partial charge >= 0.3 is 5.97 Å². The zero-order chi connectivity index (χ0) is 11.9. The van der Waals surface area contributed by atoms with Gasteiger partial charge < -0.3 is 15.2 Å². The number of aliphatic hydroxyl groups is 1. The van der Waals surface area contributed by atoms with Crippen molar-refractivity contribution in [2.75, 3.05) is 0 Å². The smallest absolute Gasteiger partial charge is 0.337 e. The summed E-state index contributed by atoms with van der Waals surface area (Å²) < 4.78 is 0. The maximum absolute atomic E-state index is 11.0. The summed E-state index contributed by atoms with van der Waals surface area (Å²) in [6.45, 7) is 1.58. The predicted molar refractivity (Wildman–Crippen MR) is 60.9 cm³/mol. The Hall–Kier alpha value is -1.52. The summed E-state index contributed by atoms with van der Waals surface area (Å²) in [5.41, 5.74) is 1.21. The first-order chi connectivity index (χ1) is 7.52. The highest BCUT2D eigenvalue weighted by molar-refractivity contribution is 6.38. The minimum atomic E-state index is -1.10. The van der Waals surface area contributed by atoms with Crippen LogP contribution in [0.3, 0.4) is 0 Å². The Morgan fingerprint density at radius 1 is 1.56 bits per heavy atom. The lowest BCUT2D eigenvalue weighted by Crippen LogP contribution is -2.02. The Bertz CT molecular complexity index is 560. The van der Waals surface area contributed by atoms with Crippen molar-refractivity contribution in [2.24, 2.45) is 0 Å². The summed E-state index contributed by atoms with van der Waals surface area (Å²) in [6, 6.07) is 3.09. The number of halogens is 1. The number of aliphatic hydroxyl groups excluding tert-OH is 1. The highest BCUT2D eigenvalue weighted by Gasteiger charge is 2.18. The number of carboxylic acids is 1. The van der Waals surface area contributed by atoms with Crippen molar-refractivity contribution in [3.05, 3.63) is 34.5 Å². The SMILES string of the molecule is C[C@@H](O)c1cc(C(=O)O)c(Cl)c2cc[nH]c12. The van der Waals surface area contributed by atoms with Gasteiger partial charge in [-0.1, -0.05) is 11.6 Å². The van der Waals surface area contributed by atoms with Crippen LogP contribution < -0.4 is 0 Å². The largest absolute Gasteiger partial charge is 0.478 e. The second-order valence-electron chi connectivity index (χ2n) is 3.57. The van der Waals surface area contributed by atoms with E-state index in [4.69, 9.17) is 16.7 Å². The molecule has 0 radical (unpaired) electrons. The second-order valence-corrected chi connectivity index (χ2v) is 3.95. The van der Waals surface area contributed by atoms with E-state index in [-0.39, 0.29) is 10.6 Å². The molecule has 0 bridgehead atoms. The van der Waals surface area contributed by atoms with E-state index in [9.17, 15) is 9.90 Å². The second kappa shape index (κ2) is 3.81. The molecule has 2 rings (SSSR count). The van der Waals surface area contributed by atoms with E-state index < -0.39 is 12.1 Å². The maximum Gasteiger partial charge on any atom is 0.337 e.